The minimum Gasteiger partial charge on any atom is -0.376 e. The maximum absolute atomic E-state index is 12.1. The van der Waals surface area contributed by atoms with Crippen molar-refractivity contribution in [3.05, 3.63) is 29.7 Å². The number of hydrogen-bond donors (Lipinski definition) is 1. The Morgan fingerprint density at radius 2 is 2.25 bits per heavy atom. The average Bonchev–Trinajstić information content (AvgIpc) is 3.11. The second-order valence-electron chi connectivity index (χ2n) is 6.06. The van der Waals surface area contributed by atoms with Gasteiger partial charge in [-0.2, -0.15) is 0 Å². The predicted molar refractivity (Wildman–Crippen MR) is 92.8 cm³/mol. The van der Waals surface area contributed by atoms with Crippen molar-refractivity contribution in [2.45, 2.75) is 38.7 Å². The first-order valence-corrected chi connectivity index (χ1v) is 9.23. The molecule has 0 radical (unpaired) electrons. The van der Waals surface area contributed by atoms with E-state index >= 15 is 0 Å². The van der Waals surface area contributed by atoms with Crippen molar-refractivity contribution < 1.29 is 9.53 Å². The van der Waals surface area contributed by atoms with E-state index in [1.165, 1.54) is 30.6 Å². The van der Waals surface area contributed by atoms with E-state index in [2.05, 4.69) is 27.2 Å². The van der Waals surface area contributed by atoms with Crippen LogP contribution in [-0.4, -0.2) is 40.1 Å². The van der Waals surface area contributed by atoms with Crippen molar-refractivity contribution in [1.29, 1.82) is 0 Å². The minimum absolute atomic E-state index is 0.179. The fourth-order valence-electron chi connectivity index (χ4n) is 2.90. The second-order valence-corrected chi connectivity index (χ2v) is 6.91. The maximum Gasteiger partial charge on any atom is 0.270 e. The number of amides is 1. The van der Waals surface area contributed by atoms with E-state index in [0.717, 1.165) is 6.42 Å². The third kappa shape index (κ3) is 4.36. The lowest BCUT2D eigenvalue weighted by Crippen LogP contribution is -2.31. The van der Waals surface area contributed by atoms with Gasteiger partial charge in [-0.3, -0.25) is 14.8 Å². The monoisotopic (exact) mass is 346 g/mol. The Morgan fingerprint density at radius 3 is 3.04 bits per heavy atom. The molecule has 1 aliphatic carbocycles. The van der Waals surface area contributed by atoms with Gasteiger partial charge in [-0.25, -0.2) is 4.98 Å². The van der Waals surface area contributed by atoms with Crippen LogP contribution in [0.4, 0.5) is 0 Å². The van der Waals surface area contributed by atoms with E-state index < -0.39 is 0 Å². The molecule has 24 heavy (non-hydrogen) atoms. The zero-order valence-corrected chi connectivity index (χ0v) is 14.6. The zero-order chi connectivity index (χ0) is 16.8. The van der Waals surface area contributed by atoms with Gasteiger partial charge in [-0.1, -0.05) is 19.8 Å². The van der Waals surface area contributed by atoms with E-state index in [9.17, 15) is 4.79 Å². The summed E-state index contributed by atoms with van der Waals surface area (Å²) in [5, 5.41) is 5.30. The summed E-state index contributed by atoms with van der Waals surface area (Å²) in [6.45, 7) is 3.29. The van der Waals surface area contributed by atoms with Gasteiger partial charge in [0.1, 0.15) is 16.4 Å². The molecule has 1 N–H and O–H groups in total. The van der Waals surface area contributed by atoms with Crippen LogP contribution in [0.25, 0.3) is 10.7 Å². The summed E-state index contributed by atoms with van der Waals surface area (Å²) in [6, 6.07) is 0. The van der Waals surface area contributed by atoms with Gasteiger partial charge in [0.2, 0.25) is 0 Å². The van der Waals surface area contributed by atoms with Crippen LogP contribution in [-0.2, 0) is 4.74 Å². The molecule has 0 aliphatic heterocycles. The van der Waals surface area contributed by atoms with Gasteiger partial charge < -0.3 is 10.1 Å². The Hall–Kier alpha value is -1.86. The molecular formula is C17H22N4O2S. The molecule has 1 saturated carbocycles. The molecule has 128 valence electrons. The van der Waals surface area contributed by atoms with Crippen molar-refractivity contribution in [3.8, 4) is 10.7 Å². The van der Waals surface area contributed by atoms with Crippen molar-refractivity contribution in [2.75, 3.05) is 13.2 Å². The third-order valence-electron chi connectivity index (χ3n) is 4.27. The van der Waals surface area contributed by atoms with E-state index in [0.29, 0.717) is 41.6 Å². The molecule has 2 heterocycles. The van der Waals surface area contributed by atoms with Gasteiger partial charge in [0.15, 0.2) is 0 Å². The van der Waals surface area contributed by atoms with Crippen LogP contribution in [0.5, 0.6) is 0 Å². The Labute approximate surface area is 145 Å². The van der Waals surface area contributed by atoms with Crippen molar-refractivity contribution in [1.82, 2.24) is 20.3 Å². The molecule has 2 aromatic rings. The third-order valence-corrected chi connectivity index (χ3v) is 5.14. The SMILES string of the molecule is C[C@H]1CCCC[C@H]1OCCNC(=O)c1csc(-c2cnccn2)n1. The minimum atomic E-state index is -0.179. The Kier molecular flexibility index (Phi) is 5.87. The normalized spacial score (nSPS) is 20.7. The molecular weight excluding hydrogens is 324 g/mol. The lowest BCUT2D eigenvalue weighted by Gasteiger charge is -2.28. The number of nitrogens with zero attached hydrogens (tertiary/aromatic N) is 3. The Balaban J connectivity index is 1.45. The molecule has 6 nitrogen and oxygen atoms in total. The van der Waals surface area contributed by atoms with E-state index in [4.69, 9.17) is 4.74 Å². The highest BCUT2D eigenvalue weighted by Gasteiger charge is 2.21. The smallest absolute Gasteiger partial charge is 0.270 e. The number of hydrogen-bond acceptors (Lipinski definition) is 6. The van der Waals surface area contributed by atoms with Crippen molar-refractivity contribution in [2.24, 2.45) is 5.92 Å². The molecule has 1 aliphatic rings. The summed E-state index contributed by atoms with van der Waals surface area (Å²) in [4.78, 5) is 24.7. The Bertz CT molecular complexity index is 662. The number of carbonyl (C=O) groups excluding carboxylic acids is 1. The molecule has 0 bridgehead atoms. The number of carbonyl (C=O) groups is 1. The first-order chi connectivity index (χ1) is 11.7. The summed E-state index contributed by atoms with van der Waals surface area (Å²) in [5.74, 6) is 0.434. The van der Waals surface area contributed by atoms with Gasteiger partial charge in [-0.05, 0) is 18.8 Å². The number of rotatable bonds is 6. The fourth-order valence-corrected chi connectivity index (χ4v) is 3.66. The predicted octanol–water partition coefficient (Wildman–Crippen LogP) is 2.93. The standard InChI is InChI=1S/C17H22N4O2S/c1-12-4-2-3-5-15(12)23-9-8-20-16(22)14-11-24-17(21-14)13-10-18-6-7-19-13/h6-7,10-12,15H,2-5,8-9H2,1H3,(H,20,22)/t12-,15+/m0/s1. The molecule has 2 aromatic heterocycles. The van der Waals surface area contributed by atoms with Crippen LogP contribution >= 0.6 is 11.3 Å². The molecule has 0 aromatic carbocycles. The molecule has 0 spiro atoms. The quantitative estimate of drug-likeness (QED) is 0.814. The summed E-state index contributed by atoms with van der Waals surface area (Å²) < 4.78 is 5.91. The van der Waals surface area contributed by atoms with Gasteiger partial charge >= 0.3 is 0 Å². The average molecular weight is 346 g/mol. The van der Waals surface area contributed by atoms with Crippen molar-refractivity contribution in [3.63, 3.8) is 0 Å². The largest absolute Gasteiger partial charge is 0.376 e. The molecule has 0 unspecified atom stereocenters. The van der Waals surface area contributed by atoms with Crippen LogP contribution in [0, 0.1) is 5.92 Å². The fraction of sp³-hybridized carbons (Fsp3) is 0.529. The summed E-state index contributed by atoms with van der Waals surface area (Å²) in [6.07, 6.45) is 10.1. The van der Waals surface area contributed by atoms with Crippen LogP contribution in [0.3, 0.4) is 0 Å². The van der Waals surface area contributed by atoms with Gasteiger partial charge in [0.05, 0.1) is 18.9 Å². The summed E-state index contributed by atoms with van der Waals surface area (Å²) in [7, 11) is 0. The molecule has 2 atom stereocenters. The highest BCUT2D eigenvalue weighted by Crippen LogP contribution is 2.26. The Morgan fingerprint density at radius 1 is 1.38 bits per heavy atom. The molecule has 1 amide bonds. The van der Waals surface area contributed by atoms with Crippen LogP contribution < -0.4 is 5.32 Å². The summed E-state index contributed by atoms with van der Waals surface area (Å²) >= 11 is 1.39. The number of thiazole rings is 1. The molecule has 7 heteroatoms. The molecule has 1 fully saturated rings. The van der Waals surface area contributed by atoms with E-state index in [1.807, 2.05) is 0 Å². The topological polar surface area (TPSA) is 77.0 Å². The number of nitrogens with one attached hydrogen (secondary N) is 1. The summed E-state index contributed by atoms with van der Waals surface area (Å²) in [5.41, 5.74) is 1.09. The number of aromatic nitrogens is 3. The lowest BCUT2D eigenvalue weighted by molar-refractivity contribution is -0.00294. The lowest BCUT2D eigenvalue weighted by atomic mass is 9.88. The van der Waals surface area contributed by atoms with Crippen LogP contribution in [0.1, 0.15) is 43.1 Å². The first-order valence-electron chi connectivity index (χ1n) is 8.36. The zero-order valence-electron chi connectivity index (χ0n) is 13.8. The maximum atomic E-state index is 12.1. The van der Waals surface area contributed by atoms with Gasteiger partial charge in [0, 0.05) is 24.3 Å². The van der Waals surface area contributed by atoms with E-state index in [1.54, 1.807) is 24.0 Å². The van der Waals surface area contributed by atoms with Crippen LogP contribution in [0.15, 0.2) is 24.0 Å². The molecule has 0 saturated heterocycles. The highest BCUT2D eigenvalue weighted by atomic mass is 32.1. The molecule has 3 rings (SSSR count). The highest BCUT2D eigenvalue weighted by molar-refractivity contribution is 7.13. The number of ether oxygens (including phenoxy) is 1. The van der Waals surface area contributed by atoms with E-state index in [-0.39, 0.29) is 5.91 Å². The van der Waals surface area contributed by atoms with Gasteiger partial charge in [0.25, 0.3) is 5.91 Å². The second kappa shape index (κ2) is 8.30. The van der Waals surface area contributed by atoms with Crippen molar-refractivity contribution >= 4 is 17.2 Å². The van der Waals surface area contributed by atoms with Gasteiger partial charge in [-0.15, -0.1) is 11.3 Å². The first kappa shape index (κ1) is 17.0. The van der Waals surface area contributed by atoms with Crippen LogP contribution in [0.2, 0.25) is 0 Å².